The Balaban J connectivity index is 3.04. The molecule has 0 radical (unpaired) electrons. The third kappa shape index (κ3) is 4.26. The van der Waals surface area contributed by atoms with Crippen molar-refractivity contribution in [2.24, 2.45) is 0 Å². The number of carbonyl (C=O) groups is 1. The highest BCUT2D eigenvalue weighted by Crippen LogP contribution is 2.27. The van der Waals surface area contributed by atoms with E-state index in [9.17, 15) is 4.79 Å². The zero-order valence-corrected chi connectivity index (χ0v) is 13.0. The molecule has 1 N–H and O–H groups in total. The Bertz CT molecular complexity index is 423. The average Bonchev–Trinajstić information content (AvgIpc) is 2.26. The summed E-state index contributed by atoms with van der Waals surface area (Å²) in [5.41, 5.74) is 0.826. The van der Waals surface area contributed by atoms with E-state index in [4.69, 9.17) is 16.3 Å². The molecule has 0 aliphatic heterocycles. The van der Waals surface area contributed by atoms with Crippen molar-refractivity contribution in [3.63, 3.8) is 0 Å². The molecular weight excluding hydrogens is 318 g/mol. The quantitative estimate of drug-likeness (QED) is 0.834. The number of hydrogen-bond acceptors (Lipinski definition) is 3. The third-order valence-corrected chi connectivity index (χ3v) is 3.22. The lowest BCUT2D eigenvalue weighted by atomic mass is 10.1. The fraction of sp³-hybridized carbons (Fsp3) is 0.462. The first-order valence-corrected chi connectivity index (χ1v) is 7.00. The molecule has 0 saturated heterocycles. The molecule has 0 aromatic heterocycles. The zero-order chi connectivity index (χ0) is 13.7. The van der Waals surface area contributed by atoms with Crippen molar-refractivity contribution in [2.45, 2.75) is 32.9 Å². The molecule has 1 aromatic carbocycles. The highest BCUT2D eigenvalue weighted by Gasteiger charge is 2.24. The van der Waals surface area contributed by atoms with Gasteiger partial charge in [-0.25, -0.2) is 4.79 Å². The Morgan fingerprint density at radius 3 is 2.67 bits per heavy atom. The Labute approximate surface area is 121 Å². The van der Waals surface area contributed by atoms with Crippen LogP contribution in [0.4, 0.5) is 0 Å². The lowest BCUT2D eigenvalue weighted by Gasteiger charge is -2.21. The minimum absolute atomic E-state index is 0.169. The van der Waals surface area contributed by atoms with Gasteiger partial charge in [0.25, 0.3) is 0 Å². The lowest BCUT2D eigenvalue weighted by Crippen LogP contribution is -2.35. The third-order valence-electron chi connectivity index (χ3n) is 2.30. The number of benzene rings is 1. The molecular formula is C13H17BrClNO2. The summed E-state index contributed by atoms with van der Waals surface area (Å²) in [6, 6.07) is 5.03. The van der Waals surface area contributed by atoms with Crippen molar-refractivity contribution in [3.05, 3.63) is 33.3 Å². The van der Waals surface area contributed by atoms with Crippen LogP contribution in [0.3, 0.4) is 0 Å². The highest BCUT2D eigenvalue weighted by atomic mass is 79.9. The van der Waals surface area contributed by atoms with Crippen LogP contribution >= 0.6 is 27.5 Å². The van der Waals surface area contributed by atoms with Gasteiger partial charge in [0.15, 0.2) is 0 Å². The van der Waals surface area contributed by atoms with Gasteiger partial charge in [0.2, 0.25) is 0 Å². The molecule has 1 rings (SSSR count). The second-order valence-corrected chi connectivity index (χ2v) is 5.46. The Morgan fingerprint density at radius 1 is 1.50 bits per heavy atom. The van der Waals surface area contributed by atoms with Gasteiger partial charge in [-0.05, 0) is 38.5 Å². The van der Waals surface area contributed by atoms with Gasteiger partial charge in [-0.3, -0.25) is 5.32 Å². The fourth-order valence-electron chi connectivity index (χ4n) is 1.58. The van der Waals surface area contributed by atoms with Crippen LogP contribution in [0.5, 0.6) is 0 Å². The fourth-order valence-corrected chi connectivity index (χ4v) is 2.49. The summed E-state index contributed by atoms with van der Waals surface area (Å²) in [7, 11) is 0. The van der Waals surface area contributed by atoms with Crippen molar-refractivity contribution >= 4 is 33.5 Å². The molecule has 0 amide bonds. The topological polar surface area (TPSA) is 38.3 Å². The molecule has 18 heavy (non-hydrogen) atoms. The lowest BCUT2D eigenvalue weighted by molar-refractivity contribution is -0.146. The summed E-state index contributed by atoms with van der Waals surface area (Å²) >= 11 is 9.33. The van der Waals surface area contributed by atoms with Gasteiger partial charge in [-0.1, -0.05) is 33.6 Å². The first kappa shape index (κ1) is 15.5. The molecule has 3 nitrogen and oxygen atoms in total. The van der Waals surface area contributed by atoms with Crippen LogP contribution in [0.1, 0.15) is 32.4 Å². The van der Waals surface area contributed by atoms with Crippen molar-refractivity contribution in [1.29, 1.82) is 0 Å². The van der Waals surface area contributed by atoms with Gasteiger partial charge < -0.3 is 4.74 Å². The smallest absolute Gasteiger partial charge is 0.327 e. The van der Waals surface area contributed by atoms with Gasteiger partial charge in [-0.2, -0.15) is 0 Å². The van der Waals surface area contributed by atoms with Crippen molar-refractivity contribution in [1.82, 2.24) is 5.32 Å². The maximum atomic E-state index is 12.0. The number of nitrogens with one attached hydrogen (secondary N) is 1. The van der Waals surface area contributed by atoms with Crippen LogP contribution in [-0.4, -0.2) is 18.6 Å². The maximum Gasteiger partial charge on any atom is 0.327 e. The number of esters is 1. The Hall–Kier alpha value is -0.580. The van der Waals surface area contributed by atoms with E-state index in [1.54, 1.807) is 19.1 Å². The minimum Gasteiger partial charge on any atom is -0.465 e. The molecule has 1 aromatic rings. The van der Waals surface area contributed by atoms with E-state index in [-0.39, 0.29) is 12.0 Å². The van der Waals surface area contributed by atoms with Gasteiger partial charge in [-0.15, -0.1) is 0 Å². The van der Waals surface area contributed by atoms with Crippen molar-refractivity contribution < 1.29 is 9.53 Å². The van der Waals surface area contributed by atoms with E-state index >= 15 is 0 Å². The molecule has 1 atom stereocenters. The van der Waals surface area contributed by atoms with E-state index in [1.807, 2.05) is 19.9 Å². The molecule has 0 fully saturated rings. The van der Waals surface area contributed by atoms with Crippen LogP contribution in [-0.2, 0) is 9.53 Å². The molecule has 0 spiro atoms. The van der Waals surface area contributed by atoms with E-state index in [1.165, 1.54) is 0 Å². The van der Waals surface area contributed by atoms with Gasteiger partial charge in [0.05, 0.1) is 6.61 Å². The molecule has 0 heterocycles. The summed E-state index contributed by atoms with van der Waals surface area (Å²) in [6.45, 7) is 6.12. The zero-order valence-electron chi connectivity index (χ0n) is 10.7. The van der Waals surface area contributed by atoms with E-state index in [0.717, 1.165) is 10.0 Å². The minimum atomic E-state index is -0.489. The molecule has 0 aliphatic carbocycles. The Morgan fingerprint density at radius 2 is 2.17 bits per heavy atom. The molecule has 5 heteroatoms. The normalized spacial score (nSPS) is 12.6. The largest absolute Gasteiger partial charge is 0.465 e. The number of rotatable bonds is 5. The molecule has 1 unspecified atom stereocenters. The maximum absolute atomic E-state index is 12.0. The van der Waals surface area contributed by atoms with Gasteiger partial charge in [0, 0.05) is 15.5 Å². The van der Waals surface area contributed by atoms with E-state index < -0.39 is 6.04 Å². The summed E-state index contributed by atoms with van der Waals surface area (Å²) in [6.07, 6.45) is 0. The van der Waals surface area contributed by atoms with Crippen LogP contribution in [0.2, 0.25) is 5.02 Å². The van der Waals surface area contributed by atoms with Crippen LogP contribution < -0.4 is 5.32 Å². The number of carbonyl (C=O) groups excluding carboxylic acids is 1. The number of ether oxygens (including phenoxy) is 1. The molecule has 0 saturated carbocycles. The Kier molecular flexibility index (Phi) is 6.12. The summed E-state index contributed by atoms with van der Waals surface area (Å²) in [4.78, 5) is 12.0. The first-order chi connectivity index (χ1) is 8.45. The summed E-state index contributed by atoms with van der Waals surface area (Å²) in [5, 5.41) is 3.82. The van der Waals surface area contributed by atoms with Crippen LogP contribution in [0, 0.1) is 0 Å². The SMILES string of the molecule is CCOC(=O)C(NC(C)C)c1ccc(Cl)cc1Br. The first-order valence-electron chi connectivity index (χ1n) is 5.83. The highest BCUT2D eigenvalue weighted by molar-refractivity contribution is 9.10. The van der Waals surface area contributed by atoms with Crippen molar-refractivity contribution in [3.8, 4) is 0 Å². The van der Waals surface area contributed by atoms with Crippen LogP contribution in [0.15, 0.2) is 22.7 Å². The monoisotopic (exact) mass is 333 g/mol. The van der Waals surface area contributed by atoms with E-state index in [2.05, 4.69) is 21.2 Å². The number of hydrogen-bond donors (Lipinski definition) is 1. The molecule has 0 bridgehead atoms. The molecule has 0 aliphatic rings. The summed E-state index contributed by atoms with van der Waals surface area (Å²) in [5.74, 6) is -0.283. The van der Waals surface area contributed by atoms with Crippen LogP contribution in [0.25, 0.3) is 0 Å². The second-order valence-electron chi connectivity index (χ2n) is 4.17. The molecule has 100 valence electrons. The predicted molar refractivity (Wildman–Crippen MR) is 76.8 cm³/mol. The van der Waals surface area contributed by atoms with Gasteiger partial charge >= 0.3 is 5.97 Å². The van der Waals surface area contributed by atoms with Crippen molar-refractivity contribution in [2.75, 3.05) is 6.61 Å². The summed E-state index contributed by atoms with van der Waals surface area (Å²) < 4.78 is 5.88. The van der Waals surface area contributed by atoms with Gasteiger partial charge in [0.1, 0.15) is 6.04 Å². The number of halogens is 2. The average molecular weight is 335 g/mol. The van der Waals surface area contributed by atoms with E-state index in [0.29, 0.717) is 11.6 Å². The second kappa shape index (κ2) is 7.12. The standard InChI is InChI=1S/C13H17BrClNO2/c1-4-18-13(17)12(16-8(2)3)10-6-5-9(15)7-11(10)14/h5-8,12,16H,4H2,1-3H3. The predicted octanol–water partition coefficient (Wildman–Crippen LogP) is 3.70.